The normalized spacial score (nSPS) is 33.5. The summed E-state index contributed by atoms with van der Waals surface area (Å²) in [5.41, 5.74) is 0. The molecule has 2 rings (SSSR count). The van der Waals surface area contributed by atoms with Gasteiger partial charge in [-0.05, 0) is 38.6 Å². The summed E-state index contributed by atoms with van der Waals surface area (Å²) in [5, 5.41) is 0. The second-order valence-electron chi connectivity index (χ2n) is 5.11. The number of piperidine rings is 1. The summed E-state index contributed by atoms with van der Waals surface area (Å²) < 4.78 is 0. The highest BCUT2D eigenvalue weighted by Crippen LogP contribution is 2.26. The van der Waals surface area contributed by atoms with Crippen molar-refractivity contribution in [3.63, 3.8) is 0 Å². The number of rotatable bonds is 3. The summed E-state index contributed by atoms with van der Waals surface area (Å²) in [6, 6.07) is 0.757. The molecule has 1 aliphatic carbocycles. The minimum atomic E-state index is 0.372. The van der Waals surface area contributed by atoms with Gasteiger partial charge in [0, 0.05) is 24.9 Å². The van der Waals surface area contributed by atoms with Crippen molar-refractivity contribution in [2.75, 3.05) is 13.1 Å². The van der Waals surface area contributed by atoms with Crippen molar-refractivity contribution >= 4 is 5.78 Å². The maximum absolute atomic E-state index is 11.6. The molecule has 0 bridgehead atoms. The maximum Gasteiger partial charge on any atom is 0.137 e. The van der Waals surface area contributed by atoms with Crippen LogP contribution in [0.4, 0.5) is 0 Å². The summed E-state index contributed by atoms with van der Waals surface area (Å²) >= 11 is 0. The molecular weight excluding hydrogens is 186 g/mol. The van der Waals surface area contributed by atoms with Crippen LogP contribution in [0.3, 0.4) is 0 Å². The molecule has 0 aromatic carbocycles. The van der Waals surface area contributed by atoms with E-state index < -0.39 is 0 Å². The second-order valence-corrected chi connectivity index (χ2v) is 5.11. The van der Waals surface area contributed by atoms with Crippen LogP contribution in [-0.2, 0) is 4.79 Å². The molecule has 0 N–H and O–H groups in total. The van der Waals surface area contributed by atoms with E-state index in [4.69, 9.17) is 0 Å². The number of hydrogen-bond acceptors (Lipinski definition) is 2. The van der Waals surface area contributed by atoms with Crippen LogP contribution in [0.2, 0.25) is 0 Å². The van der Waals surface area contributed by atoms with Crippen LogP contribution in [0.25, 0.3) is 0 Å². The van der Waals surface area contributed by atoms with E-state index in [0.29, 0.717) is 11.7 Å². The lowest BCUT2D eigenvalue weighted by atomic mass is 9.97. The Morgan fingerprint density at radius 3 is 2.80 bits per heavy atom. The molecule has 2 unspecified atom stereocenters. The Hall–Kier alpha value is -0.370. The maximum atomic E-state index is 11.6. The van der Waals surface area contributed by atoms with Gasteiger partial charge in [-0.3, -0.25) is 9.69 Å². The van der Waals surface area contributed by atoms with Crippen molar-refractivity contribution in [2.24, 2.45) is 5.92 Å². The van der Waals surface area contributed by atoms with Crippen LogP contribution in [0, 0.1) is 5.92 Å². The third kappa shape index (κ3) is 2.60. The van der Waals surface area contributed by atoms with Gasteiger partial charge < -0.3 is 0 Å². The van der Waals surface area contributed by atoms with Crippen LogP contribution < -0.4 is 0 Å². The molecule has 2 heteroatoms. The molecule has 1 saturated heterocycles. The Labute approximate surface area is 93.0 Å². The summed E-state index contributed by atoms with van der Waals surface area (Å²) in [4.78, 5) is 14.2. The molecule has 2 fully saturated rings. The van der Waals surface area contributed by atoms with Crippen molar-refractivity contribution in [1.29, 1.82) is 0 Å². The fourth-order valence-corrected chi connectivity index (χ4v) is 3.13. The minimum Gasteiger partial charge on any atom is -0.300 e. The monoisotopic (exact) mass is 209 g/mol. The van der Waals surface area contributed by atoms with Crippen molar-refractivity contribution in [3.8, 4) is 0 Å². The lowest BCUT2D eigenvalue weighted by molar-refractivity contribution is -0.121. The zero-order valence-corrected chi connectivity index (χ0v) is 9.87. The number of hydrogen-bond donors (Lipinski definition) is 0. The average Bonchev–Trinajstić information content (AvgIpc) is 2.65. The predicted octanol–water partition coefficient (Wildman–Crippen LogP) is 2.62. The van der Waals surface area contributed by atoms with Gasteiger partial charge in [-0.2, -0.15) is 0 Å². The van der Waals surface area contributed by atoms with Crippen LogP contribution in [-0.4, -0.2) is 29.8 Å². The third-order valence-corrected chi connectivity index (χ3v) is 4.11. The van der Waals surface area contributed by atoms with Crippen molar-refractivity contribution in [3.05, 3.63) is 0 Å². The van der Waals surface area contributed by atoms with E-state index in [-0.39, 0.29) is 0 Å². The van der Waals surface area contributed by atoms with Gasteiger partial charge in [-0.15, -0.1) is 0 Å². The van der Waals surface area contributed by atoms with Crippen molar-refractivity contribution in [1.82, 2.24) is 4.90 Å². The number of carbonyl (C=O) groups is 1. The predicted molar refractivity (Wildman–Crippen MR) is 61.9 cm³/mol. The molecule has 1 saturated carbocycles. The second kappa shape index (κ2) is 5.11. The van der Waals surface area contributed by atoms with E-state index >= 15 is 0 Å². The van der Waals surface area contributed by atoms with E-state index in [9.17, 15) is 4.79 Å². The topological polar surface area (TPSA) is 20.3 Å². The molecule has 2 aliphatic rings. The van der Waals surface area contributed by atoms with E-state index in [0.717, 1.165) is 31.8 Å². The first-order chi connectivity index (χ1) is 7.31. The Morgan fingerprint density at radius 2 is 2.13 bits per heavy atom. The first-order valence-electron chi connectivity index (χ1n) is 6.58. The number of ketones is 1. The van der Waals surface area contributed by atoms with Gasteiger partial charge in [-0.1, -0.05) is 13.3 Å². The van der Waals surface area contributed by atoms with E-state index in [1.54, 1.807) is 0 Å². The SMILES string of the molecule is CCC1CCCCN1CC1CCCC1=O. The molecule has 0 aromatic heterocycles. The van der Waals surface area contributed by atoms with Gasteiger partial charge in [0.15, 0.2) is 0 Å². The molecule has 1 aliphatic heterocycles. The van der Waals surface area contributed by atoms with Crippen molar-refractivity contribution in [2.45, 2.75) is 57.9 Å². The Morgan fingerprint density at radius 1 is 1.27 bits per heavy atom. The fourth-order valence-electron chi connectivity index (χ4n) is 3.13. The van der Waals surface area contributed by atoms with Gasteiger partial charge in [-0.25, -0.2) is 0 Å². The molecule has 0 radical (unpaired) electrons. The zero-order valence-electron chi connectivity index (χ0n) is 9.87. The van der Waals surface area contributed by atoms with Gasteiger partial charge >= 0.3 is 0 Å². The number of nitrogens with zero attached hydrogens (tertiary/aromatic N) is 1. The van der Waals surface area contributed by atoms with Gasteiger partial charge in [0.25, 0.3) is 0 Å². The largest absolute Gasteiger partial charge is 0.300 e. The third-order valence-electron chi connectivity index (χ3n) is 4.11. The van der Waals surface area contributed by atoms with Crippen LogP contribution in [0.1, 0.15) is 51.9 Å². The van der Waals surface area contributed by atoms with Gasteiger partial charge in [0.05, 0.1) is 0 Å². The Bertz CT molecular complexity index is 227. The molecule has 2 nitrogen and oxygen atoms in total. The zero-order chi connectivity index (χ0) is 10.7. The molecule has 0 aromatic rings. The highest BCUT2D eigenvalue weighted by atomic mass is 16.1. The summed E-state index contributed by atoms with van der Waals surface area (Å²) in [6.45, 7) is 4.55. The molecular formula is C13H23NO. The highest BCUT2D eigenvalue weighted by Gasteiger charge is 2.29. The molecule has 0 amide bonds. The van der Waals surface area contributed by atoms with Crippen LogP contribution >= 0.6 is 0 Å². The number of Topliss-reactive ketones (excluding diaryl/α,β-unsaturated/α-hetero) is 1. The smallest absolute Gasteiger partial charge is 0.137 e. The lowest BCUT2D eigenvalue weighted by Gasteiger charge is -2.36. The molecule has 1 heterocycles. The Balaban J connectivity index is 1.88. The molecule has 0 spiro atoms. The first kappa shape index (κ1) is 11.1. The first-order valence-corrected chi connectivity index (χ1v) is 6.58. The van der Waals surface area contributed by atoms with E-state index in [1.807, 2.05) is 0 Å². The van der Waals surface area contributed by atoms with Crippen LogP contribution in [0.15, 0.2) is 0 Å². The summed E-state index contributed by atoms with van der Waals surface area (Å²) in [6.07, 6.45) is 8.43. The fraction of sp³-hybridized carbons (Fsp3) is 0.923. The molecule has 2 atom stereocenters. The quantitative estimate of drug-likeness (QED) is 0.712. The minimum absolute atomic E-state index is 0.372. The van der Waals surface area contributed by atoms with E-state index in [2.05, 4.69) is 11.8 Å². The Kier molecular flexibility index (Phi) is 3.79. The standard InChI is InChI=1S/C13H23NO/c1-2-12-7-3-4-9-14(12)10-11-6-5-8-13(11)15/h11-12H,2-10H2,1H3. The summed E-state index contributed by atoms with van der Waals surface area (Å²) in [5.74, 6) is 0.896. The number of likely N-dealkylation sites (tertiary alicyclic amines) is 1. The van der Waals surface area contributed by atoms with Crippen LogP contribution in [0.5, 0.6) is 0 Å². The average molecular weight is 209 g/mol. The highest BCUT2D eigenvalue weighted by molar-refractivity contribution is 5.83. The van der Waals surface area contributed by atoms with E-state index in [1.165, 1.54) is 32.2 Å². The lowest BCUT2D eigenvalue weighted by Crippen LogP contribution is -2.42. The van der Waals surface area contributed by atoms with Gasteiger partial charge in [0.2, 0.25) is 0 Å². The molecule has 15 heavy (non-hydrogen) atoms. The van der Waals surface area contributed by atoms with Crippen molar-refractivity contribution < 1.29 is 4.79 Å². The summed E-state index contributed by atoms with van der Waals surface area (Å²) in [7, 11) is 0. The molecule has 86 valence electrons. The van der Waals surface area contributed by atoms with Gasteiger partial charge in [0.1, 0.15) is 5.78 Å². The number of carbonyl (C=O) groups excluding carboxylic acids is 1.